The summed E-state index contributed by atoms with van der Waals surface area (Å²) < 4.78 is 0. The number of pyridine rings is 1. The van der Waals surface area contributed by atoms with Crippen molar-refractivity contribution in [2.45, 2.75) is 0 Å². The van der Waals surface area contributed by atoms with Gasteiger partial charge in [-0.1, -0.05) is 48.5 Å². The van der Waals surface area contributed by atoms with Gasteiger partial charge < -0.3 is 10.7 Å². The van der Waals surface area contributed by atoms with E-state index in [2.05, 4.69) is 28.2 Å². The fourth-order valence-electron chi connectivity index (χ4n) is 3.15. The SMILES string of the molecule is N#C/C(=C\c1cccc(-c2cnc3[nH]cc(-c4ccccc4)c3c2)c1)C(N)=O. The number of carbonyl (C=O) groups excluding carboxylic acids is 1. The van der Waals surface area contributed by atoms with Crippen molar-refractivity contribution in [3.8, 4) is 28.3 Å². The van der Waals surface area contributed by atoms with E-state index in [9.17, 15) is 4.79 Å². The Morgan fingerprint density at radius 3 is 2.57 bits per heavy atom. The molecule has 2 heterocycles. The van der Waals surface area contributed by atoms with Gasteiger partial charge in [0.25, 0.3) is 5.91 Å². The molecule has 0 aliphatic carbocycles. The molecule has 0 bridgehead atoms. The Kier molecular flexibility index (Phi) is 4.45. The van der Waals surface area contributed by atoms with Crippen molar-refractivity contribution in [2.75, 3.05) is 0 Å². The van der Waals surface area contributed by atoms with Crippen LogP contribution >= 0.6 is 0 Å². The molecule has 134 valence electrons. The number of nitriles is 1. The van der Waals surface area contributed by atoms with Crippen molar-refractivity contribution in [3.05, 3.63) is 84.2 Å². The number of nitrogens with zero attached hydrogens (tertiary/aromatic N) is 2. The summed E-state index contributed by atoms with van der Waals surface area (Å²) in [5.74, 6) is -0.740. The largest absolute Gasteiger partial charge is 0.365 e. The molecule has 28 heavy (non-hydrogen) atoms. The quantitative estimate of drug-likeness (QED) is 0.418. The van der Waals surface area contributed by atoms with Gasteiger partial charge in [-0.25, -0.2) is 4.98 Å². The lowest BCUT2D eigenvalue weighted by atomic mass is 10.0. The van der Waals surface area contributed by atoms with Crippen LogP contribution < -0.4 is 5.73 Å². The number of benzene rings is 2. The Hall–Kier alpha value is -4.17. The summed E-state index contributed by atoms with van der Waals surface area (Å²) in [5.41, 5.74) is 10.8. The fourth-order valence-corrected chi connectivity index (χ4v) is 3.15. The van der Waals surface area contributed by atoms with Crippen molar-refractivity contribution < 1.29 is 4.79 Å². The van der Waals surface area contributed by atoms with Crippen LogP contribution in [0.25, 0.3) is 39.4 Å². The zero-order valence-corrected chi connectivity index (χ0v) is 14.9. The fraction of sp³-hybridized carbons (Fsp3) is 0. The summed E-state index contributed by atoms with van der Waals surface area (Å²) in [5, 5.41) is 10.1. The number of hydrogen-bond donors (Lipinski definition) is 2. The summed E-state index contributed by atoms with van der Waals surface area (Å²) in [6.07, 6.45) is 5.25. The average Bonchev–Trinajstić information content (AvgIpc) is 3.16. The monoisotopic (exact) mass is 364 g/mol. The van der Waals surface area contributed by atoms with Crippen LogP contribution in [0.1, 0.15) is 5.56 Å². The Balaban J connectivity index is 1.79. The highest BCUT2D eigenvalue weighted by Crippen LogP contribution is 2.31. The van der Waals surface area contributed by atoms with Crippen molar-refractivity contribution in [1.29, 1.82) is 5.26 Å². The molecule has 3 N–H and O–H groups in total. The average molecular weight is 364 g/mol. The molecule has 0 aliphatic rings. The first-order chi connectivity index (χ1) is 13.7. The number of hydrogen-bond acceptors (Lipinski definition) is 3. The maximum atomic E-state index is 11.3. The second-order valence-corrected chi connectivity index (χ2v) is 6.35. The minimum absolute atomic E-state index is 0.0808. The first-order valence-corrected chi connectivity index (χ1v) is 8.70. The number of fused-ring (bicyclic) bond motifs is 1. The molecule has 4 rings (SSSR count). The van der Waals surface area contributed by atoms with Crippen LogP contribution in [0, 0.1) is 11.3 Å². The normalized spacial score (nSPS) is 11.3. The molecule has 0 saturated heterocycles. The van der Waals surface area contributed by atoms with E-state index in [1.807, 2.05) is 54.7 Å². The van der Waals surface area contributed by atoms with E-state index < -0.39 is 5.91 Å². The number of carbonyl (C=O) groups is 1. The van der Waals surface area contributed by atoms with Gasteiger partial charge in [-0.2, -0.15) is 5.26 Å². The zero-order chi connectivity index (χ0) is 19.5. The second-order valence-electron chi connectivity index (χ2n) is 6.35. The van der Waals surface area contributed by atoms with Crippen molar-refractivity contribution >= 4 is 23.0 Å². The van der Waals surface area contributed by atoms with Gasteiger partial charge in [0.05, 0.1) is 0 Å². The minimum Gasteiger partial charge on any atom is -0.365 e. The van der Waals surface area contributed by atoms with Gasteiger partial charge in [0.2, 0.25) is 0 Å². The molecule has 0 spiro atoms. The molecule has 5 heteroatoms. The maximum absolute atomic E-state index is 11.3. The Morgan fingerprint density at radius 1 is 1.04 bits per heavy atom. The maximum Gasteiger partial charge on any atom is 0.259 e. The van der Waals surface area contributed by atoms with Crippen molar-refractivity contribution in [2.24, 2.45) is 5.73 Å². The number of aromatic amines is 1. The van der Waals surface area contributed by atoms with Crippen LogP contribution in [0.4, 0.5) is 0 Å². The molecule has 0 atom stereocenters. The van der Waals surface area contributed by atoms with E-state index in [0.717, 1.165) is 38.9 Å². The van der Waals surface area contributed by atoms with E-state index in [1.165, 1.54) is 6.08 Å². The Morgan fingerprint density at radius 2 is 1.82 bits per heavy atom. The lowest BCUT2D eigenvalue weighted by Gasteiger charge is -2.05. The van der Waals surface area contributed by atoms with Gasteiger partial charge in [0.15, 0.2) is 0 Å². The van der Waals surface area contributed by atoms with Gasteiger partial charge in [-0.05, 0) is 34.9 Å². The first-order valence-electron chi connectivity index (χ1n) is 8.70. The third-order valence-corrected chi connectivity index (χ3v) is 4.53. The van der Waals surface area contributed by atoms with Crippen LogP contribution in [0.5, 0.6) is 0 Å². The van der Waals surface area contributed by atoms with E-state index in [-0.39, 0.29) is 5.57 Å². The van der Waals surface area contributed by atoms with Crippen LogP contribution in [0.3, 0.4) is 0 Å². The highest BCUT2D eigenvalue weighted by molar-refractivity contribution is 6.00. The number of nitrogens with two attached hydrogens (primary N) is 1. The van der Waals surface area contributed by atoms with Crippen molar-refractivity contribution in [1.82, 2.24) is 9.97 Å². The van der Waals surface area contributed by atoms with E-state index in [1.54, 1.807) is 6.20 Å². The van der Waals surface area contributed by atoms with E-state index in [0.29, 0.717) is 0 Å². The third kappa shape index (κ3) is 3.27. The van der Waals surface area contributed by atoms with Gasteiger partial charge in [-0.15, -0.1) is 0 Å². The molecule has 4 aromatic rings. The summed E-state index contributed by atoms with van der Waals surface area (Å²) >= 11 is 0. The Labute approximate surface area is 161 Å². The summed E-state index contributed by atoms with van der Waals surface area (Å²) in [7, 11) is 0. The Bertz CT molecular complexity index is 1250. The molecule has 0 aliphatic heterocycles. The van der Waals surface area contributed by atoms with Crippen LogP contribution in [0.2, 0.25) is 0 Å². The highest BCUT2D eigenvalue weighted by Gasteiger charge is 2.09. The molecule has 2 aromatic heterocycles. The smallest absolute Gasteiger partial charge is 0.259 e. The van der Waals surface area contributed by atoms with E-state index in [4.69, 9.17) is 11.0 Å². The topological polar surface area (TPSA) is 95.6 Å². The predicted octanol–water partition coefficient (Wildman–Crippen LogP) is 4.29. The number of amides is 1. The molecular weight excluding hydrogens is 348 g/mol. The first kappa shape index (κ1) is 17.3. The van der Waals surface area contributed by atoms with Crippen molar-refractivity contribution in [3.63, 3.8) is 0 Å². The lowest BCUT2D eigenvalue weighted by Crippen LogP contribution is -2.12. The molecule has 0 radical (unpaired) electrons. The third-order valence-electron chi connectivity index (χ3n) is 4.53. The second kappa shape index (κ2) is 7.22. The molecule has 0 saturated carbocycles. The molecular formula is C23H16N4O. The van der Waals surface area contributed by atoms with E-state index >= 15 is 0 Å². The molecule has 2 aromatic carbocycles. The highest BCUT2D eigenvalue weighted by atomic mass is 16.1. The lowest BCUT2D eigenvalue weighted by molar-refractivity contribution is -0.114. The number of primary amides is 1. The number of nitrogens with one attached hydrogen (secondary N) is 1. The summed E-state index contributed by atoms with van der Waals surface area (Å²) in [6, 6.07) is 21.6. The van der Waals surface area contributed by atoms with Crippen LogP contribution in [-0.2, 0) is 4.79 Å². The standard InChI is InChI=1S/C23H16N4O/c24-12-18(22(25)28)10-15-5-4-8-17(9-15)19-11-20-21(14-27-23(20)26-13-19)16-6-2-1-3-7-16/h1-11,13-14H,(H2,25,28)(H,26,27)/b18-10+. The van der Waals surface area contributed by atoms with Gasteiger partial charge in [0.1, 0.15) is 17.3 Å². The van der Waals surface area contributed by atoms with Gasteiger partial charge in [0, 0.05) is 28.9 Å². The summed E-state index contributed by atoms with van der Waals surface area (Å²) in [4.78, 5) is 19.1. The predicted molar refractivity (Wildman–Crippen MR) is 110 cm³/mol. The number of aromatic nitrogens is 2. The molecule has 1 amide bonds. The van der Waals surface area contributed by atoms with Gasteiger partial charge in [-0.3, -0.25) is 4.79 Å². The van der Waals surface area contributed by atoms with Gasteiger partial charge >= 0.3 is 0 Å². The van der Waals surface area contributed by atoms with Crippen LogP contribution in [-0.4, -0.2) is 15.9 Å². The minimum atomic E-state index is -0.740. The molecule has 0 unspecified atom stereocenters. The summed E-state index contributed by atoms with van der Waals surface area (Å²) in [6.45, 7) is 0. The van der Waals surface area contributed by atoms with Crippen LogP contribution in [0.15, 0.2) is 78.6 Å². The molecule has 0 fully saturated rings. The molecule has 5 nitrogen and oxygen atoms in total. The zero-order valence-electron chi connectivity index (χ0n) is 14.9. The number of H-pyrrole nitrogens is 1. The number of rotatable bonds is 4.